The van der Waals surface area contributed by atoms with Gasteiger partial charge in [0.05, 0.1) is 0 Å². The summed E-state index contributed by atoms with van der Waals surface area (Å²) in [6, 6.07) is 1.18. The Kier molecular flexibility index (Phi) is 2.39. The summed E-state index contributed by atoms with van der Waals surface area (Å²) in [5.74, 6) is 0. The minimum atomic E-state index is -2.48. The Morgan fingerprint density at radius 2 is 2.18 bits per heavy atom. The smallest absolute Gasteiger partial charge is 0.244 e. The molecule has 60 valence electrons. The Bertz CT molecular complexity index is 263. The lowest BCUT2D eigenvalue weighted by Crippen LogP contribution is -1.90. The van der Waals surface area contributed by atoms with Gasteiger partial charge in [-0.15, -0.1) is 0 Å². The maximum atomic E-state index is 12.1. The van der Waals surface area contributed by atoms with E-state index in [-0.39, 0.29) is 10.7 Å². The molecule has 11 heavy (non-hydrogen) atoms. The minimum absolute atomic E-state index is 0.0509. The van der Waals surface area contributed by atoms with Gasteiger partial charge in [-0.3, -0.25) is 0 Å². The highest BCUT2D eigenvalue weighted by atomic mass is 35.5. The van der Waals surface area contributed by atoms with Crippen LogP contribution in [0.4, 0.5) is 8.78 Å². The summed E-state index contributed by atoms with van der Waals surface area (Å²) < 4.78 is 24.2. The molecule has 1 nitrogen and oxygen atoms in total. The number of nitrogens with zero attached hydrogens (tertiary/aromatic N) is 1. The first-order valence-electron chi connectivity index (χ1n) is 3.01. The molecule has 0 fully saturated rings. The van der Waals surface area contributed by atoms with Crippen LogP contribution in [0, 0.1) is 6.92 Å². The third-order valence-electron chi connectivity index (χ3n) is 1.35. The van der Waals surface area contributed by atoms with Crippen LogP contribution in [0.15, 0.2) is 12.3 Å². The van der Waals surface area contributed by atoms with Crippen molar-refractivity contribution < 1.29 is 8.78 Å². The lowest BCUT2D eigenvalue weighted by molar-refractivity contribution is 0.150. The Hall–Kier alpha value is -0.700. The van der Waals surface area contributed by atoms with Crippen molar-refractivity contribution in [2.45, 2.75) is 13.3 Å². The largest absolute Gasteiger partial charge is 0.264 e. The van der Waals surface area contributed by atoms with Crippen LogP contribution >= 0.6 is 11.6 Å². The summed E-state index contributed by atoms with van der Waals surface area (Å²) in [6.07, 6.45) is -1.14. The maximum Gasteiger partial charge on any atom is 0.264 e. The SMILES string of the molecule is Cc1cnc(Cl)cc1C(F)F. The van der Waals surface area contributed by atoms with Gasteiger partial charge in [-0.25, -0.2) is 13.8 Å². The first-order valence-corrected chi connectivity index (χ1v) is 3.39. The molecule has 1 aromatic rings. The van der Waals surface area contributed by atoms with Gasteiger partial charge in [0.15, 0.2) is 0 Å². The van der Waals surface area contributed by atoms with E-state index >= 15 is 0 Å². The van der Waals surface area contributed by atoms with Gasteiger partial charge in [0.2, 0.25) is 0 Å². The number of aromatic nitrogens is 1. The van der Waals surface area contributed by atoms with Crippen molar-refractivity contribution in [1.82, 2.24) is 4.98 Å². The van der Waals surface area contributed by atoms with Gasteiger partial charge < -0.3 is 0 Å². The third kappa shape index (κ3) is 1.87. The van der Waals surface area contributed by atoms with Crippen LogP contribution in [0.1, 0.15) is 17.6 Å². The maximum absolute atomic E-state index is 12.1. The summed E-state index contributed by atoms with van der Waals surface area (Å²) in [5.41, 5.74) is 0.411. The molecule has 0 aliphatic heterocycles. The molecule has 0 N–H and O–H groups in total. The van der Waals surface area contributed by atoms with E-state index in [1.165, 1.54) is 12.3 Å². The lowest BCUT2D eigenvalue weighted by atomic mass is 10.2. The van der Waals surface area contributed by atoms with E-state index in [1.807, 2.05) is 0 Å². The number of pyridine rings is 1. The molecule has 0 aliphatic carbocycles. The molecule has 1 aromatic heterocycles. The summed E-state index contributed by atoms with van der Waals surface area (Å²) in [6.45, 7) is 1.57. The Balaban J connectivity index is 3.13. The van der Waals surface area contributed by atoms with Crippen LogP contribution in [-0.2, 0) is 0 Å². The van der Waals surface area contributed by atoms with Crippen molar-refractivity contribution in [3.8, 4) is 0 Å². The van der Waals surface area contributed by atoms with Crippen LogP contribution < -0.4 is 0 Å². The topological polar surface area (TPSA) is 12.9 Å². The van der Waals surface area contributed by atoms with Gasteiger partial charge in [-0.05, 0) is 18.6 Å². The van der Waals surface area contributed by atoms with Crippen LogP contribution in [0.5, 0.6) is 0 Å². The Labute approximate surface area is 68.0 Å². The number of alkyl halides is 2. The number of rotatable bonds is 1. The van der Waals surface area contributed by atoms with Crippen molar-refractivity contribution in [3.05, 3.63) is 28.5 Å². The zero-order valence-electron chi connectivity index (χ0n) is 5.81. The van der Waals surface area contributed by atoms with Gasteiger partial charge in [0, 0.05) is 11.8 Å². The van der Waals surface area contributed by atoms with E-state index in [9.17, 15) is 8.78 Å². The zero-order valence-corrected chi connectivity index (χ0v) is 6.57. The highest BCUT2D eigenvalue weighted by Gasteiger charge is 2.10. The average Bonchev–Trinajstić information content (AvgIpc) is 1.94. The van der Waals surface area contributed by atoms with Crippen LogP contribution in [-0.4, -0.2) is 4.98 Å². The summed E-state index contributed by atoms with van der Waals surface area (Å²) >= 11 is 5.42. The molecule has 1 rings (SSSR count). The van der Waals surface area contributed by atoms with Crippen molar-refractivity contribution in [3.63, 3.8) is 0 Å². The van der Waals surface area contributed by atoms with E-state index < -0.39 is 6.43 Å². The fourth-order valence-electron chi connectivity index (χ4n) is 0.748. The van der Waals surface area contributed by atoms with Gasteiger partial charge >= 0.3 is 0 Å². The predicted molar refractivity (Wildman–Crippen MR) is 38.9 cm³/mol. The minimum Gasteiger partial charge on any atom is -0.244 e. The summed E-state index contributed by atoms with van der Waals surface area (Å²) in [4.78, 5) is 3.65. The number of hydrogen-bond acceptors (Lipinski definition) is 1. The Morgan fingerprint density at radius 3 is 2.64 bits per heavy atom. The molecule has 0 bridgehead atoms. The van der Waals surface area contributed by atoms with Crippen molar-refractivity contribution in [1.29, 1.82) is 0 Å². The predicted octanol–water partition coefficient (Wildman–Crippen LogP) is 2.98. The molecule has 0 aromatic carbocycles. The normalized spacial score (nSPS) is 10.6. The molecule has 0 amide bonds. The van der Waals surface area contributed by atoms with Crippen LogP contribution in [0.2, 0.25) is 5.15 Å². The molecule has 0 spiro atoms. The first kappa shape index (κ1) is 8.40. The van der Waals surface area contributed by atoms with Gasteiger partial charge in [0.1, 0.15) is 5.15 Å². The van der Waals surface area contributed by atoms with E-state index in [0.29, 0.717) is 5.56 Å². The Morgan fingerprint density at radius 1 is 1.55 bits per heavy atom. The van der Waals surface area contributed by atoms with Crippen LogP contribution in [0.25, 0.3) is 0 Å². The molecule has 0 saturated heterocycles. The third-order valence-corrected chi connectivity index (χ3v) is 1.55. The highest BCUT2D eigenvalue weighted by molar-refractivity contribution is 6.29. The zero-order chi connectivity index (χ0) is 8.43. The number of aryl methyl sites for hydroxylation is 1. The van der Waals surface area contributed by atoms with Crippen molar-refractivity contribution >= 4 is 11.6 Å². The molecule has 1 heterocycles. The van der Waals surface area contributed by atoms with E-state index in [2.05, 4.69) is 4.98 Å². The average molecular weight is 178 g/mol. The van der Waals surface area contributed by atoms with Gasteiger partial charge in [0.25, 0.3) is 6.43 Å². The van der Waals surface area contributed by atoms with E-state index in [0.717, 1.165) is 0 Å². The fourth-order valence-corrected chi connectivity index (χ4v) is 0.914. The van der Waals surface area contributed by atoms with E-state index in [1.54, 1.807) is 6.92 Å². The van der Waals surface area contributed by atoms with Crippen molar-refractivity contribution in [2.24, 2.45) is 0 Å². The molecular formula is C7H6ClF2N. The molecule has 0 unspecified atom stereocenters. The molecule has 0 radical (unpaired) electrons. The monoisotopic (exact) mass is 177 g/mol. The molecule has 0 saturated carbocycles. The second kappa shape index (κ2) is 3.13. The first-order chi connectivity index (χ1) is 5.11. The molecule has 0 aliphatic rings. The number of hydrogen-bond donors (Lipinski definition) is 0. The molecule has 4 heteroatoms. The van der Waals surface area contributed by atoms with Crippen molar-refractivity contribution in [2.75, 3.05) is 0 Å². The quantitative estimate of drug-likeness (QED) is 0.601. The van der Waals surface area contributed by atoms with E-state index in [4.69, 9.17) is 11.6 Å². The lowest BCUT2D eigenvalue weighted by Gasteiger charge is -2.02. The second-order valence-corrected chi connectivity index (χ2v) is 2.55. The summed E-state index contributed by atoms with van der Waals surface area (Å²) in [7, 11) is 0. The summed E-state index contributed by atoms with van der Waals surface area (Å²) in [5, 5.41) is 0.103. The molecule has 0 atom stereocenters. The van der Waals surface area contributed by atoms with Crippen LogP contribution in [0.3, 0.4) is 0 Å². The van der Waals surface area contributed by atoms with Gasteiger partial charge in [-0.1, -0.05) is 11.6 Å². The second-order valence-electron chi connectivity index (χ2n) is 2.16. The standard InChI is InChI=1S/C7H6ClF2N/c1-4-3-11-6(8)2-5(4)7(9)10/h2-3,7H,1H3. The highest BCUT2D eigenvalue weighted by Crippen LogP contribution is 2.23. The number of halogens is 3. The fraction of sp³-hybridized carbons (Fsp3) is 0.286. The van der Waals surface area contributed by atoms with Gasteiger partial charge in [-0.2, -0.15) is 0 Å². The molecular weight excluding hydrogens is 172 g/mol.